The summed E-state index contributed by atoms with van der Waals surface area (Å²) in [5.41, 5.74) is 7.67. The molecule has 0 saturated carbocycles. The Hall–Kier alpha value is -5.99. The van der Waals surface area contributed by atoms with Crippen LogP contribution >= 0.6 is 11.6 Å². The Labute approximate surface area is 317 Å². The van der Waals surface area contributed by atoms with Gasteiger partial charge in [0.15, 0.2) is 5.43 Å². The summed E-state index contributed by atoms with van der Waals surface area (Å²) >= 11 is 6.04. The average molecular weight is 739 g/mol. The Kier molecular flexibility index (Phi) is 10.5. The van der Waals surface area contributed by atoms with E-state index in [-0.39, 0.29) is 35.2 Å². The number of aromatic nitrogens is 1. The van der Waals surface area contributed by atoms with Crippen LogP contribution in [0.15, 0.2) is 112 Å². The van der Waals surface area contributed by atoms with Crippen LogP contribution in [0.25, 0.3) is 44.3 Å². The van der Waals surface area contributed by atoms with Crippen LogP contribution in [0.5, 0.6) is 5.75 Å². The summed E-state index contributed by atoms with van der Waals surface area (Å²) in [4.78, 5) is 51.6. The third-order valence-electron chi connectivity index (χ3n) is 9.90. The zero-order valence-corrected chi connectivity index (χ0v) is 30.8. The summed E-state index contributed by atoms with van der Waals surface area (Å²) in [6.45, 7) is 4.36. The first-order valence-electron chi connectivity index (χ1n) is 18.0. The molecule has 1 aromatic heterocycles. The molecule has 0 unspecified atom stereocenters. The second-order valence-electron chi connectivity index (χ2n) is 13.8. The van der Waals surface area contributed by atoms with Gasteiger partial charge in [-0.1, -0.05) is 53.9 Å². The summed E-state index contributed by atoms with van der Waals surface area (Å²) in [5, 5.41) is 15.3. The summed E-state index contributed by atoms with van der Waals surface area (Å²) < 4.78 is 7.62. The molecule has 54 heavy (non-hydrogen) atoms. The molecule has 9 heteroatoms. The molecule has 1 amide bonds. The summed E-state index contributed by atoms with van der Waals surface area (Å²) in [6, 6.07) is 30.2. The summed E-state index contributed by atoms with van der Waals surface area (Å²) in [7, 11) is 0. The maximum absolute atomic E-state index is 13.5. The summed E-state index contributed by atoms with van der Waals surface area (Å²) in [6.07, 6.45) is 3.21. The number of phenols is 1. The molecular weight excluding hydrogens is 700 g/mol. The van der Waals surface area contributed by atoms with Gasteiger partial charge in [-0.3, -0.25) is 23.7 Å². The van der Waals surface area contributed by atoms with Gasteiger partial charge in [0.1, 0.15) is 22.9 Å². The van der Waals surface area contributed by atoms with Crippen molar-refractivity contribution in [2.75, 3.05) is 6.54 Å². The molecule has 8 nitrogen and oxygen atoms in total. The molecule has 0 atom stereocenters. The molecule has 1 aliphatic carbocycles. The van der Waals surface area contributed by atoms with Crippen LogP contribution in [0.2, 0.25) is 5.02 Å². The highest BCUT2D eigenvalue weighted by Crippen LogP contribution is 2.40. The lowest BCUT2D eigenvalue weighted by molar-refractivity contribution is -0.120. The van der Waals surface area contributed by atoms with E-state index in [9.17, 15) is 24.3 Å². The molecule has 272 valence electrons. The number of Topliss-reactive ketones (excluding diaryl/α,β-unsaturated/α-hetero) is 1. The zero-order valence-electron chi connectivity index (χ0n) is 30.1. The number of unbranched alkanes of at least 4 members (excludes halogenated alkanes) is 2. The van der Waals surface area contributed by atoms with Gasteiger partial charge in [-0.05, 0) is 104 Å². The number of benzene rings is 5. The zero-order chi connectivity index (χ0) is 37.9. The van der Waals surface area contributed by atoms with Crippen molar-refractivity contribution in [1.29, 1.82) is 0 Å². The summed E-state index contributed by atoms with van der Waals surface area (Å²) in [5.74, 6) is 0.365. The number of carbonyl (C=O) groups is 3. The van der Waals surface area contributed by atoms with E-state index in [0.717, 1.165) is 74.6 Å². The number of halogens is 1. The normalized spacial score (nSPS) is 11.4. The van der Waals surface area contributed by atoms with Crippen molar-refractivity contribution >= 4 is 51.1 Å². The highest BCUT2D eigenvalue weighted by molar-refractivity contribution is 6.30. The number of aromatic hydroxyl groups is 1. The average Bonchev–Trinajstić information content (AvgIpc) is 3.41. The Bertz CT molecular complexity index is 2570. The van der Waals surface area contributed by atoms with E-state index in [0.29, 0.717) is 41.3 Å². The minimum atomic E-state index is -0.175. The number of nitrogens with one attached hydrogen (secondary N) is 1. The standard InChI is InChI=1S/C45H39ClN2O6/c1-27-7-20-40-39(22-27)38(28(2)48(40)45(53)31-12-14-32(46)15-13-31)26-43(52)47-21-5-3-4-6-33(49)23-29-8-10-30(11-9-29)44-36-18-16-34(50)24-41(36)54-42-25-35(51)17-19-37(42)44/h7-20,22,24-25,50H,3-6,21,23,26H2,1-2H3,(H,47,52). The minimum absolute atomic E-state index is 0.0700. The van der Waals surface area contributed by atoms with Gasteiger partial charge in [-0.2, -0.15) is 0 Å². The Morgan fingerprint density at radius 1 is 0.796 bits per heavy atom. The predicted octanol–water partition coefficient (Wildman–Crippen LogP) is 9.21. The molecule has 0 fully saturated rings. The van der Waals surface area contributed by atoms with E-state index < -0.39 is 0 Å². The van der Waals surface area contributed by atoms with Gasteiger partial charge in [0.2, 0.25) is 5.91 Å². The lowest BCUT2D eigenvalue weighted by atomic mass is 9.92. The van der Waals surface area contributed by atoms with Gasteiger partial charge in [0, 0.05) is 69.7 Å². The van der Waals surface area contributed by atoms with Crippen molar-refractivity contribution < 1.29 is 23.9 Å². The lowest BCUT2D eigenvalue weighted by Gasteiger charge is -2.15. The molecule has 2 N–H and O–H groups in total. The molecule has 1 aliphatic heterocycles. The van der Waals surface area contributed by atoms with Crippen LogP contribution in [0.1, 0.15) is 58.4 Å². The minimum Gasteiger partial charge on any atom is -0.508 e. The molecule has 0 spiro atoms. The molecule has 2 aliphatic rings. The van der Waals surface area contributed by atoms with Crippen LogP contribution in [-0.2, 0) is 22.4 Å². The third-order valence-corrected chi connectivity index (χ3v) is 10.1. The van der Waals surface area contributed by atoms with E-state index in [4.69, 9.17) is 16.0 Å². The van der Waals surface area contributed by atoms with Crippen molar-refractivity contribution in [2.24, 2.45) is 0 Å². The van der Waals surface area contributed by atoms with Crippen LogP contribution in [0.4, 0.5) is 0 Å². The molecule has 0 bridgehead atoms. The number of nitrogens with zero attached hydrogens (tertiary/aromatic N) is 1. The van der Waals surface area contributed by atoms with Crippen molar-refractivity contribution in [2.45, 2.75) is 52.4 Å². The van der Waals surface area contributed by atoms with Crippen molar-refractivity contribution in [3.05, 3.63) is 146 Å². The molecule has 0 saturated heterocycles. The second-order valence-corrected chi connectivity index (χ2v) is 14.2. The number of fused-ring (bicyclic) bond motifs is 3. The van der Waals surface area contributed by atoms with E-state index in [1.165, 1.54) is 18.2 Å². The fraction of sp³-hybridized carbons (Fsp3) is 0.200. The van der Waals surface area contributed by atoms with E-state index in [1.807, 2.05) is 56.3 Å². The smallest absolute Gasteiger partial charge is 0.262 e. The molecular formula is C45H39ClN2O6. The van der Waals surface area contributed by atoms with Gasteiger partial charge >= 0.3 is 0 Å². The topological polar surface area (TPSA) is 119 Å². The third kappa shape index (κ3) is 7.70. The van der Waals surface area contributed by atoms with Crippen molar-refractivity contribution in [3.8, 4) is 28.2 Å². The fourth-order valence-corrected chi connectivity index (χ4v) is 7.28. The number of carbonyl (C=O) groups excluding carboxylic acids is 3. The molecule has 5 aromatic rings. The Morgan fingerprint density at radius 3 is 2.35 bits per heavy atom. The van der Waals surface area contributed by atoms with Gasteiger partial charge in [-0.15, -0.1) is 0 Å². The monoisotopic (exact) mass is 738 g/mol. The largest absolute Gasteiger partial charge is 0.508 e. The number of hydrogen-bond acceptors (Lipinski definition) is 6. The van der Waals surface area contributed by atoms with Gasteiger partial charge in [0.25, 0.3) is 5.91 Å². The van der Waals surface area contributed by atoms with E-state index in [1.54, 1.807) is 47.0 Å². The van der Waals surface area contributed by atoms with Gasteiger partial charge < -0.3 is 14.8 Å². The number of hydrogen-bond donors (Lipinski definition) is 2. The van der Waals surface area contributed by atoms with Crippen molar-refractivity contribution in [1.82, 2.24) is 9.88 Å². The number of aryl methyl sites for hydroxylation is 1. The van der Waals surface area contributed by atoms with Crippen LogP contribution in [0.3, 0.4) is 0 Å². The van der Waals surface area contributed by atoms with Crippen LogP contribution in [0, 0.1) is 13.8 Å². The Balaban J connectivity index is 0.912. The predicted molar refractivity (Wildman–Crippen MR) is 213 cm³/mol. The van der Waals surface area contributed by atoms with Crippen LogP contribution in [-0.4, -0.2) is 33.8 Å². The maximum atomic E-state index is 13.5. The fourth-order valence-electron chi connectivity index (χ4n) is 7.15. The first kappa shape index (κ1) is 36.4. The number of ketones is 1. The Morgan fingerprint density at radius 2 is 1.57 bits per heavy atom. The number of amides is 1. The first-order valence-corrected chi connectivity index (χ1v) is 18.4. The van der Waals surface area contributed by atoms with Crippen LogP contribution < -0.4 is 10.7 Å². The highest BCUT2D eigenvalue weighted by atomic mass is 35.5. The molecule has 4 aromatic carbocycles. The van der Waals surface area contributed by atoms with E-state index in [2.05, 4.69) is 5.32 Å². The molecule has 7 rings (SSSR count). The van der Waals surface area contributed by atoms with Gasteiger partial charge in [-0.25, -0.2) is 0 Å². The van der Waals surface area contributed by atoms with Gasteiger partial charge in [0.05, 0.1) is 11.9 Å². The molecule has 0 radical (unpaired) electrons. The lowest BCUT2D eigenvalue weighted by Crippen LogP contribution is -2.26. The number of rotatable bonds is 12. The number of phenolic OH excluding ortho intramolecular Hbond substituents is 1. The maximum Gasteiger partial charge on any atom is 0.262 e. The van der Waals surface area contributed by atoms with Crippen molar-refractivity contribution in [3.63, 3.8) is 0 Å². The highest BCUT2D eigenvalue weighted by Gasteiger charge is 2.22. The quantitative estimate of drug-likeness (QED) is 0.0953. The second kappa shape index (κ2) is 15.5. The first-order chi connectivity index (χ1) is 26.0. The SMILES string of the molecule is Cc1ccc2c(c1)c(CC(=O)NCCCCCC(=O)Cc1ccc(-c3c4ccc(=O)cc-4oc4cc(O)ccc34)cc1)c(C)n2C(=O)c1ccc(Cl)cc1. The van der Waals surface area contributed by atoms with E-state index >= 15 is 0 Å². The molecule has 2 heterocycles.